The third-order valence-electron chi connectivity index (χ3n) is 3.76. The molecule has 2 atom stereocenters. The van der Waals surface area contributed by atoms with Gasteiger partial charge in [-0.05, 0) is 25.3 Å². The van der Waals surface area contributed by atoms with Gasteiger partial charge in [-0.2, -0.15) is 0 Å². The van der Waals surface area contributed by atoms with Crippen LogP contribution in [0.25, 0.3) is 0 Å². The lowest BCUT2D eigenvalue weighted by Gasteiger charge is -2.28. The molecule has 1 saturated heterocycles. The molecule has 1 fully saturated rings. The van der Waals surface area contributed by atoms with E-state index in [0.29, 0.717) is 38.5 Å². The highest BCUT2D eigenvalue weighted by atomic mass is 32.2. The lowest BCUT2D eigenvalue weighted by molar-refractivity contribution is -0.134. The van der Waals surface area contributed by atoms with E-state index in [1.807, 2.05) is 6.92 Å². The van der Waals surface area contributed by atoms with Gasteiger partial charge in [0.2, 0.25) is 5.91 Å². The first-order valence-corrected chi connectivity index (χ1v) is 8.90. The van der Waals surface area contributed by atoms with Crippen LogP contribution < -0.4 is 5.73 Å². The average Bonchev–Trinajstić information content (AvgIpc) is 2.76. The van der Waals surface area contributed by atoms with E-state index >= 15 is 0 Å². The van der Waals surface area contributed by atoms with Gasteiger partial charge in [0.05, 0.1) is 18.1 Å². The second-order valence-corrected chi connectivity index (χ2v) is 7.75. The van der Waals surface area contributed by atoms with Crippen molar-refractivity contribution in [3.63, 3.8) is 0 Å². The Balaban J connectivity index is 2.61. The summed E-state index contributed by atoms with van der Waals surface area (Å²) >= 11 is 0. The SMILES string of the molecule is COCCN(C(=O)CCC(C)CN)C1CCS(=O)(=O)C1. The fraction of sp³-hybridized carbons (Fsp3) is 0.923. The quantitative estimate of drug-likeness (QED) is 0.683. The highest BCUT2D eigenvalue weighted by molar-refractivity contribution is 7.91. The van der Waals surface area contributed by atoms with Crippen molar-refractivity contribution in [2.24, 2.45) is 11.7 Å². The summed E-state index contributed by atoms with van der Waals surface area (Å²) in [5, 5.41) is 0. The van der Waals surface area contributed by atoms with Crippen molar-refractivity contribution >= 4 is 15.7 Å². The third-order valence-corrected chi connectivity index (χ3v) is 5.51. The van der Waals surface area contributed by atoms with Crippen molar-refractivity contribution in [1.82, 2.24) is 4.90 Å². The summed E-state index contributed by atoms with van der Waals surface area (Å²) in [4.78, 5) is 14.0. The highest BCUT2D eigenvalue weighted by Gasteiger charge is 2.34. The maximum Gasteiger partial charge on any atom is 0.222 e. The zero-order valence-corrected chi connectivity index (χ0v) is 13.2. The van der Waals surface area contributed by atoms with E-state index in [0.717, 1.165) is 6.42 Å². The van der Waals surface area contributed by atoms with Crippen LogP contribution in [0, 0.1) is 5.92 Å². The lowest BCUT2D eigenvalue weighted by atomic mass is 10.0. The number of hydrogen-bond donors (Lipinski definition) is 1. The number of methoxy groups -OCH3 is 1. The first kappa shape index (κ1) is 17.4. The fourth-order valence-corrected chi connectivity index (χ4v) is 4.08. The summed E-state index contributed by atoms with van der Waals surface area (Å²) in [6.07, 6.45) is 1.68. The van der Waals surface area contributed by atoms with E-state index < -0.39 is 9.84 Å². The molecule has 0 radical (unpaired) electrons. The molecule has 2 unspecified atom stereocenters. The Morgan fingerprint density at radius 2 is 2.20 bits per heavy atom. The summed E-state index contributed by atoms with van der Waals surface area (Å²) in [6, 6.07) is -0.198. The van der Waals surface area contributed by atoms with Gasteiger partial charge in [0, 0.05) is 26.1 Å². The molecular formula is C13H26N2O4S. The van der Waals surface area contributed by atoms with Crippen molar-refractivity contribution in [1.29, 1.82) is 0 Å². The van der Waals surface area contributed by atoms with E-state index in [2.05, 4.69) is 0 Å². The van der Waals surface area contributed by atoms with E-state index in [1.165, 1.54) is 0 Å². The lowest BCUT2D eigenvalue weighted by Crippen LogP contribution is -2.43. The van der Waals surface area contributed by atoms with Gasteiger partial charge in [-0.15, -0.1) is 0 Å². The number of hydrogen-bond acceptors (Lipinski definition) is 5. The number of ether oxygens (including phenoxy) is 1. The van der Waals surface area contributed by atoms with Crippen LogP contribution in [0.5, 0.6) is 0 Å². The van der Waals surface area contributed by atoms with Crippen LogP contribution in [-0.2, 0) is 19.4 Å². The molecule has 0 saturated carbocycles. The molecule has 0 bridgehead atoms. The number of rotatable bonds is 8. The van der Waals surface area contributed by atoms with Gasteiger partial charge in [0.1, 0.15) is 0 Å². The van der Waals surface area contributed by atoms with Crippen LogP contribution in [0.3, 0.4) is 0 Å². The number of carbonyl (C=O) groups is 1. The highest BCUT2D eigenvalue weighted by Crippen LogP contribution is 2.19. The van der Waals surface area contributed by atoms with Crippen LogP contribution in [-0.4, -0.2) is 63.6 Å². The van der Waals surface area contributed by atoms with Gasteiger partial charge < -0.3 is 15.4 Å². The van der Waals surface area contributed by atoms with Gasteiger partial charge in [-0.25, -0.2) is 8.42 Å². The zero-order valence-electron chi connectivity index (χ0n) is 12.4. The molecule has 7 heteroatoms. The number of nitrogens with two attached hydrogens (primary N) is 1. The predicted octanol–water partition coefficient (Wildman–Crippen LogP) is 0.0235. The van der Waals surface area contributed by atoms with Crippen LogP contribution in [0.1, 0.15) is 26.2 Å². The number of sulfone groups is 1. The van der Waals surface area contributed by atoms with E-state index in [1.54, 1.807) is 12.0 Å². The van der Waals surface area contributed by atoms with Crippen molar-refractivity contribution < 1.29 is 17.9 Å². The zero-order chi connectivity index (χ0) is 15.2. The summed E-state index contributed by atoms with van der Waals surface area (Å²) < 4.78 is 28.2. The molecule has 1 aliphatic heterocycles. The second kappa shape index (κ2) is 7.95. The predicted molar refractivity (Wildman–Crippen MR) is 78.1 cm³/mol. The van der Waals surface area contributed by atoms with Gasteiger partial charge in [-0.1, -0.05) is 6.92 Å². The van der Waals surface area contributed by atoms with Gasteiger partial charge in [-0.3, -0.25) is 4.79 Å². The minimum Gasteiger partial charge on any atom is -0.383 e. The molecule has 0 aromatic heterocycles. The van der Waals surface area contributed by atoms with Crippen LogP contribution in [0.15, 0.2) is 0 Å². The molecule has 0 aromatic rings. The minimum absolute atomic E-state index is 0.00412. The number of carbonyl (C=O) groups excluding carboxylic acids is 1. The van der Waals surface area contributed by atoms with Crippen LogP contribution in [0.2, 0.25) is 0 Å². The van der Waals surface area contributed by atoms with Gasteiger partial charge in [0.25, 0.3) is 0 Å². The summed E-state index contributed by atoms with van der Waals surface area (Å²) in [5.41, 5.74) is 5.55. The topological polar surface area (TPSA) is 89.7 Å². The Morgan fingerprint density at radius 3 is 2.70 bits per heavy atom. The van der Waals surface area contributed by atoms with Gasteiger partial charge >= 0.3 is 0 Å². The Kier molecular flexibility index (Phi) is 6.91. The first-order valence-electron chi connectivity index (χ1n) is 7.08. The van der Waals surface area contributed by atoms with Crippen molar-refractivity contribution in [2.45, 2.75) is 32.2 Å². The molecule has 118 valence electrons. The van der Waals surface area contributed by atoms with Gasteiger partial charge in [0.15, 0.2) is 9.84 Å². The Hall–Kier alpha value is -0.660. The molecule has 0 spiro atoms. The molecule has 6 nitrogen and oxygen atoms in total. The van der Waals surface area contributed by atoms with Crippen LogP contribution >= 0.6 is 0 Å². The Labute approximate surface area is 121 Å². The van der Waals surface area contributed by atoms with Crippen molar-refractivity contribution in [3.8, 4) is 0 Å². The van der Waals surface area contributed by atoms with E-state index in [4.69, 9.17) is 10.5 Å². The summed E-state index contributed by atoms with van der Waals surface area (Å²) in [6.45, 7) is 3.44. The molecule has 1 amide bonds. The standard InChI is InChI=1S/C13H26N2O4S/c1-11(9-14)3-4-13(16)15(6-7-19-2)12-5-8-20(17,18)10-12/h11-12H,3-10,14H2,1-2H3. The molecule has 1 rings (SSSR count). The van der Waals surface area contributed by atoms with Crippen molar-refractivity contribution in [2.75, 3.05) is 38.3 Å². The maximum absolute atomic E-state index is 12.3. The maximum atomic E-state index is 12.3. The third kappa shape index (κ3) is 5.38. The number of amides is 1. The van der Waals surface area contributed by atoms with E-state index in [-0.39, 0.29) is 23.5 Å². The smallest absolute Gasteiger partial charge is 0.222 e. The largest absolute Gasteiger partial charge is 0.383 e. The van der Waals surface area contributed by atoms with E-state index in [9.17, 15) is 13.2 Å². The van der Waals surface area contributed by atoms with Crippen molar-refractivity contribution in [3.05, 3.63) is 0 Å². The monoisotopic (exact) mass is 306 g/mol. The molecule has 20 heavy (non-hydrogen) atoms. The number of nitrogens with zero attached hydrogens (tertiary/aromatic N) is 1. The summed E-state index contributed by atoms with van der Waals surface area (Å²) in [7, 11) is -1.42. The fourth-order valence-electron chi connectivity index (χ4n) is 2.35. The molecule has 0 aliphatic carbocycles. The Morgan fingerprint density at radius 1 is 1.50 bits per heavy atom. The molecule has 0 aromatic carbocycles. The second-order valence-electron chi connectivity index (χ2n) is 5.52. The molecule has 1 aliphatic rings. The minimum atomic E-state index is -2.99. The molecule has 1 heterocycles. The average molecular weight is 306 g/mol. The molecular weight excluding hydrogens is 280 g/mol. The van der Waals surface area contributed by atoms with Crippen LogP contribution in [0.4, 0.5) is 0 Å². The summed E-state index contributed by atoms with van der Waals surface area (Å²) in [5.74, 6) is 0.558. The Bertz CT molecular complexity index is 411. The first-order chi connectivity index (χ1) is 9.39. The molecule has 2 N–H and O–H groups in total. The normalized spacial score (nSPS) is 22.6.